The van der Waals surface area contributed by atoms with Crippen LogP contribution in [0.5, 0.6) is 11.5 Å². The Labute approximate surface area is 98.3 Å². The highest BCUT2D eigenvalue weighted by atomic mass is 35.5. The summed E-state index contributed by atoms with van der Waals surface area (Å²) in [5.41, 5.74) is 5.30. The van der Waals surface area contributed by atoms with Gasteiger partial charge in [0, 0.05) is 11.6 Å². The minimum absolute atomic E-state index is 0.00206. The smallest absolute Gasteiger partial charge is 0.169 e. The fourth-order valence-electron chi connectivity index (χ4n) is 1.71. The fraction of sp³-hybridized carbons (Fsp3) is 0.455. The van der Waals surface area contributed by atoms with E-state index in [4.69, 9.17) is 26.8 Å². The number of hydrogen-bond acceptors (Lipinski definition) is 3. The molecule has 0 aromatic heterocycles. The van der Waals surface area contributed by atoms with Gasteiger partial charge in [-0.2, -0.15) is 0 Å². The molecule has 0 aliphatic carbocycles. The zero-order chi connectivity index (χ0) is 11.9. The van der Waals surface area contributed by atoms with Gasteiger partial charge in [0.2, 0.25) is 0 Å². The van der Waals surface area contributed by atoms with Crippen molar-refractivity contribution in [2.45, 2.75) is 19.4 Å². The van der Waals surface area contributed by atoms with Crippen LogP contribution in [0, 0.1) is 5.82 Å². The quantitative estimate of drug-likeness (QED) is 0.827. The third-order valence-electron chi connectivity index (χ3n) is 2.37. The molecule has 88 valence electrons. The Morgan fingerprint density at radius 3 is 2.62 bits per heavy atom. The van der Waals surface area contributed by atoms with E-state index in [9.17, 15) is 4.39 Å². The van der Waals surface area contributed by atoms with Gasteiger partial charge in [0.15, 0.2) is 17.3 Å². The lowest BCUT2D eigenvalue weighted by molar-refractivity contribution is 0.166. The molecule has 1 aromatic carbocycles. The van der Waals surface area contributed by atoms with Crippen molar-refractivity contribution in [2.24, 2.45) is 5.73 Å². The van der Waals surface area contributed by atoms with Crippen molar-refractivity contribution in [3.05, 3.63) is 22.5 Å². The molecule has 0 saturated heterocycles. The van der Waals surface area contributed by atoms with Crippen LogP contribution >= 0.6 is 11.6 Å². The third-order valence-corrected chi connectivity index (χ3v) is 2.64. The number of nitrogens with two attached hydrogens (primary N) is 1. The first-order valence-electron chi connectivity index (χ1n) is 4.98. The average Bonchev–Trinajstić information content (AvgIpc) is 2.17. The first-order chi connectivity index (χ1) is 7.41. The van der Waals surface area contributed by atoms with E-state index in [2.05, 4.69) is 0 Å². The van der Waals surface area contributed by atoms with Crippen LogP contribution < -0.4 is 15.2 Å². The molecule has 5 heteroatoms. The largest absolute Gasteiger partial charge is 0.486 e. The maximum Gasteiger partial charge on any atom is 0.169 e. The van der Waals surface area contributed by atoms with Crippen molar-refractivity contribution in [3.8, 4) is 11.5 Å². The Morgan fingerprint density at radius 2 is 2.00 bits per heavy atom. The van der Waals surface area contributed by atoms with E-state index in [1.807, 2.05) is 0 Å². The summed E-state index contributed by atoms with van der Waals surface area (Å²) in [5.74, 6) is 0.269. The van der Waals surface area contributed by atoms with Crippen LogP contribution in [0.2, 0.25) is 5.02 Å². The van der Waals surface area contributed by atoms with Crippen molar-refractivity contribution < 1.29 is 13.9 Å². The summed E-state index contributed by atoms with van der Waals surface area (Å²) in [4.78, 5) is 0. The molecule has 0 amide bonds. The van der Waals surface area contributed by atoms with Crippen LogP contribution in [0.1, 0.15) is 19.4 Å². The molecule has 2 N–H and O–H groups in total. The molecule has 1 aliphatic heterocycles. The van der Waals surface area contributed by atoms with E-state index < -0.39 is 11.4 Å². The molecular weight excluding hydrogens is 233 g/mol. The second-order valence-electron chi connectivity index (χ2n) is 4.29. The van der Waals surface area contributed by atoms with Crippen LogP contribution in [0.3, 0.4) is 0 Å². The van der Waals surface area contributed by atoms with Gasteiger partial charge in [-0.1, -0.05) is 11.6 Å². The normalized spacial score (nSPS) is 15.1. The van der Waals surface area contributed by atoms with Crippen molar-refractivity contribution in [3.63, 3.8) is 0 Å². The number of fused-ring (bicyclic) bond motifs is 1. The first-order valence-corrected chi connectivity index (χ1v) is 5.36. The van der Waals surface area contributed by atoms with Gasteiger partial charge in [-0.05, 0) is 13.8 Å². The molecule has 0 radical (unpaired) electrons. The van der Waals surface area contributed by atoms with E-state index in [1.54, 1.807) is 13.8 Å². The third kappa shape index (κ3) is 1.83. The number of hydrogen-bond donors (Lipinski definition) is 1. The molecular formula is C11H13ClFNO2. The molecule has 0 atom stereocenters. The summed E-state index contributed by atoms with van der Waals surface area (Å²) in [6, 6.07) is 1.42. The topological polar surface area (TPSA) is 44.5 Å². The Balaban J connectivity index is 2.69. The Morgan fingerprint density at radius 1 is 1.38 bits per heavy atom. The molecule has 1 heterocycles. The van der Waals surface area contributed by atoms with Gasteiger partial charge >= 0.3 is 0 Å². The molecule has 0 bridgehead atoms. The molecule has 2 rings (SSSR count). The van der Waals surface area contributed by atoms with E-state index in [0.717, 1.165) is 0 Å². The highest BCUT2D eigenvalue weighted by Gasteiger charge is 2.30. The summed E-state index contributed by atoms with van der Waals surface area (Å²) in [6.07, 6.45) is 0. The van der Waals surface area contributed by atoms with E-state index in [1.165, 1.54) is 6.07 Å². The lowest BCUT2D eigenvalue weighted by atomic mass is 9.93. The van der Waals surface area contributed by atoms with Gasteiger partial charge in [0.25, 0.3) is 0 Å². The van der Waals surface area contributed by atoms with Gasteiger partial charge in [-0.15, -0.1) is 0 Å². The fourth-order valence-corrected chi connectivity index (χ4v) is 1.90. The highest BCUT2D eigenvalue weighted by Crippen LogP contribution is 2.43. The van der Waals surface area contributed by atoms with Crippen molar-refractivity contribution in [2.75, 3.05) is 13.2 Å². The van der Waals surface area contributed by atoms with Gasteiger partial charge in [0.05, 0.1) is 10.6 Å². The predicted octanol–water partition coefficient (Wildman–Crippen LogP) is 2.44. The van der Waals surface area contributed by atoms with E-state index >= 15 is 0 Å². The van der Waals surface area contributed by atoms with Gasteiger partial charge < -0.3 is 15.2 Å². The van der Waals surface area contributed by atoms with Gasteiger partial charge in [0.1, 0.15) is 13.2 Å². The van der Waals surface area contributed by atoms with Crippen molar-refractivity contribution in [1.29, 1.82) is 0 Å². The second-order valence-corrected chi connectivity index (χ2v) is 4.70. The molecule has 0 saturated carbocycles. The SMILES string of the molecule is CC(C)(N)c1c(F)c(Cl)cc2c1OCCO2. The first kappa shape index (κ1) is 11.5. The summed E-state index contributed by atoms with van der Waals surface area (Å²) < 4.78 is 24.7. The number of halogens is 2. The standard InChI is InChI=1S/C11H13ClFNO2/c1-11(2,14)8-9(13)6(12)5-7-10(8)16-4-3-15-7/h5H,3-4,14H2,1-2H3. The number of benzene rings is 1. The van der Waals surface area contributed by atoms with Crippen LogP contribution in [-0.2, 0) is 5.54 Å². The van der Waals surface area contributed by atoms with Gasteiger partial charge in [-0.25, -0.2) is 4.39 Å². The molecule has 1 aliphatic rings. The maximum atomic E-state index is 13.9. The highest BCUT2D eigenvalue weighted by molar-refractivity contribution is 6.31. The van der Waals surface area contributed by atoms with Crippen LogP contribution in [-0.4, -0.2) is 13.2 Å². The molecule has 0 fully saturated rings. The summed E-state index contributed by atoms with van der Waals surface area (Å²) in [5, 5.41) is -0.00206. The molecule has 1 aromatic rings. The average molecular weight is 246 g/mol. The second kappa shape index (κ2) is 3.79. The van der Waals surface area contributed by atoms with E-state index in [0.29, 0.717) is 24.7 Å². The molecule has 0 unspecified atom stereocenters. The van der Waals surface area contributed by atoms with Crippen molar-refractivity contribution >= 4 is 11.6 Å². The Bertz CT molecular complexity index is 429. The summed E-state index contributed by atoms with van der Waals surface area (Å²) >= 11 is 5.79. The minimum Gasteiger partial charge on any atom is -0.486 e. The Hall–Kier alpha value is -1.00. The van der Waals surface area contributed by atoms with Crippen LogP contribution in [0.4, 0.5) is 4.39 Å². The van der Waals surface area contributed by atoms with Crippen molar-refractivity contribution in [1.82, 2.24) is 0 Å². The van der Waals surface area contributed by atoms with Gasteiger partial charge in [-0.3, -0.25) is 0 Å². The zero-order valence-corrected chi connectivity index (χ0v) is 9.90. The number of ether oxygens (including phenoxy) is 2. The molecule has 16 heavy (non-hydrogen) atoms. The lowest BCUT2D eigenvalue weighted by Crippen LogP contribution is -2.32. The van der Waals surface area contributed by atoms with E-state index in [-0.39, 0.29) is 10.6 Å². The predicted molar refractivity (Wildman–Crippen MR) is 59.6 cm³/mol. The summed E-state index contributed by atoms with van der Waals surface area (Å²) in [7, 11) is 0. The monoisotopic (exact) mass is 245 g/mol. The zero-order valence-electron chi connectivity index (χ0n) is 9.14. The summed E-state index contributed by atoms with van der Waals surface area (Å²) in [6.45, 7) is 4.20. The Kier molecular flexibility index (Phi) is 2.72. The van der Waals surface area contributed by atoms with Crippen LogP contribution in [0.15, 0.2) is 6.07 Å². The van der Waals surface area contributed by atoms with Crippen LogP contribution in [0.25, 0.3) is 0 Å². The maximum absolute atomic E-state index is 13.9. The number of rotatable bonds is 1. The molecule has 0 spiro atoms. The molecule has 3 nitrogen and oxygen atoms in total. The minimum atomic E-state index is -0.875. The lowest BCUT2D eigenvalue weighted by Gasteiger charge is -2.28.